The minimum Gasteiger partial charge on any atom is -0.449 e. The number of hydrogen-bond acceptors (Lipinski definition) is 5. The SMILES string of the molecule is CC(OC(=O)c1ccc(NC(N)=O)cc1)C(=O)NCC(=O)Nc1ccc(F)c(F)c1F. The number of hydrogen-bond donors (Lipinski definition) is 4. The van der Waals surface area contributed by atoms with Crippen LogP contribution in [-0.2, 0) is 14.3 Å². The van der Waals surface area contributed by atoms with E-state index in [-0.39, 0.29) is 5.56 Å². The lowest BCUT2D eigenvalue weighted by Gasteiger charge is -2.14. The first-order valence-electron chi connectivity index (χ1n) is 8.67. The van der Waals surface area contributed by atoms with Gasteiger partial charge in [0.2, 0.25) is 5.91 Å². The third kappa shape index (κ3) is 6.45. The molecule has 0 saturated heterocycles. The van der Waals surface area contributed by atoms with Crippen LogP contribution in [0.15, 0.2) is 36.4 Å². The highest BCUT2D eigenvalue weighted by Gasteiger charge is 2.20. The summed E-state index contributed by atoms with van der Waals surface area (Å²) in [5, 5.41) is 6.44. The van der Waals surface area contributed by atoms with Gasteiger partial charge in [-0.2, -0.15) is 0 Å². The Morgan fingerprint density at radius 1 is 0.968 bits per heavy atom. The van der Waals surface area contributed by atoms with Gasteiger partial charge in [-0.15, -0.1) is 0 Å². The normalized spacial score (nSPS) is 11.2. The van der Waals surface area contributed by atoms with Crippen LogP contribution >= 0.6 is 0 Å². The number of benzene rings is 2. The highest BCUT2D eigenvalue weighted by Crippen LogP contribution is 2.19. The molecule has 0 aliphatic carbocycles. The van der Waals surface area contributed by atoms with Gasteiger partial charge in [0.1, 0.15) is 0 Å². The highest BCUT2D eigenvalue weighted by molar-refractivity contribution is 5.96. The summed E-state index contributed by atoms with van der Waals surface area (Å²) in [6.45, 7) is 0.607. The summed E-state index contributed by atoms with van der Waals surface area (Å²) >= 11 is 0. The standard InChI is InChI=1S/C19H17F3N4O5/c1-9(31-18(29)10-2-4-11(5-3-10)25-19(23)30)17(28)24-8-14(27)26-13-7-6-12(20)15(21)16(13)22/h2-7,9H,8H2,1H3,(H,24,28)(H,26,27)(H3,23,25,30). The monoisotopic (exact) mass is 438 g/mol. The van der Waals surface area contributed by atoms with Crippen molar-refractivity contribution in [3.8, 4) is 0 Å². The molecule has 0 aliphatic heterocycles. The summed E-state index contributed by atoms with van der Waals surface area (Å²) in [6, 6.07) is 6.13. The Kier molecular flexibility index (Phi) is 7.55. The molecule has 0 aromatic heterocycles. The van der Waals surface area contributed by atoms with Crippen molar-refractivity contribution in [3.63, 3.8) is 0 Å². The Morgan fingerprint density at radius 3 is 2.23 bits per heavy atom. The molecule has 0 spiro atoms. The Labute approximate surface area is 173 Å². The van der Waals surface area contributed by atoms with Crippen LogP contribution in [0, 0.1) is 17.5 Å². The molecule has 0 aliphatic rings. The summed E-state index contributed by atoms with van der Waals surface area (Å²) in [4.78, 5) is 46.6. The smallest absolute Gasteiger partial charge is 0.338 e. The minimum atomic E-state index is -1.75. The van der Waals surface area contributed by atoms with Gasteiger partial charge in [-0.1, -0.05) is 0 Å². The molecule has 2 rings (SSSR count). The van der Waals surface area contributed by atoms with Crippen molar-refractivity contribution in [2.45, 2.75) is 13.0 Å². The van der Waals surface area contributed by atoms with E-state index in [0.29, 0.717) is 11.8 Å². The van der Waals surface area contributed by atoms with Crippen molar-refractivity contribution < 1.29 is 37.1 Å². The van der Waals surface area contributed by atoms with Crippen LogP contribution in [0.2, 0.25) is 0 Å². The first-order chi connectivity index (χ1) is 14.6. The van der Waals surface area contributed by atoms with Gasteiger partial charge < -0.3 is 26.4 Å². The number of amides is 4. The molecule has 2 aromatic rings. The molecule has 0 bridgehead atoms. The molecule has 9 nitrogen and oxygen atoms in total. The zero-order valence-corrected chi connectivity index (χ0v) is 16.0. The molecular weight excluding hydrogens is 421 g/mol. The van der Waals surface area contributed by atoms with E-state index in [2.05, 4.69) is 10.6 Å². The molecule has 0 fully saturated rings. The van der Waals surface area contributed by atoms with Gasteiger partial charge in [-0.05, 0) is 43.3 Å². The first kappa shape index (κ1) is 23.2. The Morgan fingerprint density at radius 2 is 1.61 bits per heavy atom. The summed E-state index contributed by atoms with van der Waals surface area (Å²) in [6.07, 6.45) is -1.29. The summed E-state index contributed by atoms with van der Waals surface area (Å²) < 4.78 is 44.6. The van der Waals surface area contributed by atoms with E-state index in [4.69, 9.17) is 10.5 Å². The average molecular weight is 438 g/mol. The fraction of sp³-hybridized carbons (Fsp3) is 0.158. The van der Waals surface area contributed by atoms with Crippen LogP contribution in [0.25, 0.3) is 0 Å². The van der Waals surface area contributed by atoms with E-state index in [1.165, 1.54) is 31.2 Å². The van der Waals surface area contributed by atoms with Crippen LogP contribution in [-0.4, -0.2) is 36.5 Å². The van der Waals surface area contributed by atoms with Crippen LogP contribution < -0.4 is 21.7 Å². The van der Waals surface area contributed by atoms with Gasteiger partial charge in [0.25, 0.3) is 5.91 Å². The number of nitrogens with two attached hydrogens (primary N) is 1. The van der Waals surface area contributed by atoms with Crippen LogP contribution in [0.5, 0.6) is 0 Å². The van der Waals surface area contributed by atoms with Gasteiger partial charge in [0.15, 0.2) is 23.6 Å². The molecule has 1 atom stereocenters. The molecule has 164 valence electrons. The fourth-order valence-electron chi connectivity index (χ4n) is 2.24. The molecule has 31 heavy (non-hydrogen) atoms. The lowest BCUT2D eigenvalue weighted by molar-refractivity contribution is -0.130. The van der Waals surface area contributed by atoms with E-state index < -0.39 is 59.6 Å². The van der Waals surface area contributed by atoms with Gasteiger partial charge in [-0.25, -0.2) is 22.8 Å². The van der Waals surface area contributed by atoms with Crippen molar-refractivity contribution in [1.82, 2.24) is 5.32 Å². The Bertz CT molecular complexity index is 1010. The van der Waals surface area contributed by atoms with Crippen molar-refractivity contribution in [2.75, 3.05) is 17.2 Å². The number of primary amides is 1. The number of nitrogens with one attached hydrogen (secondary N) is 3. The zero-order chi connectivity index (χ0) is 23.1. The van der Waals surface area contributed by atoms with Crippen molar-refractivity contribution in [1.29, 1.82) is 0 Å². The number of carbonyl (C=O) groups excluding carboxylic acids is 4. The maximum atomic E-state index is 13.5. The van der Waals surface area contributed by atoms with Crippen LogP contribution in [0.3, 0.4) is 0 Å². The number of rotatable bonds is 7. The Hall–Kier alpha value is -4.09. The summed E-state index contributed by atoms with van der Waals surface area (Å²) in [5.74, 6) is -7.35. The third-order valence-electron chi connectivity index (χ3n) is 3.77. The number of halogens is 3. The predicted molar refractivity (Wildman–Crippen MR) is 102 cm³/mol. The quantitative estimate of drug-likeness (QED) is 0.386. The molecule has 0 saturated carbocycles. The van der Waals surface area contributed by atoms with Gasteiger partial charge in [0.05, 0.1) is 17.8 Å². The number of carbonyl (C=O) groups is 4. The van der Waals surface area contributed by atoms with Crippen LogP contribution in [0.4, 0.5) is 29.3 Å². The molecular formula is C19H17F3N4O5. The number of ether oxygens (including phenoxy) is 1. The molecule has 5 N–H and O–H groups in total. The lowest BCUT2D eigenvalue weighted by Crippen LogP contribution is -2.40. The largest absolute Gasteiger partial charge is 0.449 e. The predicted octanol–water partition coefficient (Wildman–Crippen LogP) is 1.89. The fourth-order valence-corrected chi connectivity index (χ4v) is 2.24. The average Bonchev–Trinajstić information content (AvgIpc) is 2.72. The van der Waals surface area contributed by atoms with Crippen molar-refractivity contribution >= 4 is 35.2 Å². The lowest BCUT2D eigenvalue weighted by atomic mass is 10.2. The van der Waals surface area contributed by atoms with E-state index in [0.717, 1.165) is 6.07 Å². The highest BCUT2D eigenvalue weighted by atomic mass is 19.2. The second-order valence-electron chi connectivity index (χ2n) is 6.10. The summed E-state index contributed by atoms with van der Waals surface area (Å²) in [7, 11) is 0. The number of esters is 1. The maximum absolute atomic E-state index is 13.5. The van der Waals surface area contributed by atoms with Gasteiger partial charge >= 0.3 is 12.0 Å². The molecule has 0 radical (unpaired) electrons. The second-order valence-corrected chi connectivity index (χ2v) is 6.10. The molecule has 0 heterocycles. The molecule has 2 aromatic carbocycles. The molecule has 4 amide bonds. The number of urea groups is 1. The van der Waals surface area contributed by atoms with E-state index >= 15 is 0 Å². The number of anilines is 2. The minimum absolute atomic E-state index is 0.0845. The summed E-state index contributed by atoms with van der Waals surface area (Å²) in [5.41, 5.74) is 4.79. The third-order valence-corrected chi connectivity index (χ3v) is 3.77. The second kappa shape index (κ2) is 10.1. The Balaban J connectivity index is 1.85. The van der Waals surface area contributed by atoms with Crippen molar-refractivity contribution in [2.24, 2.45) is 5.73 Å². The van der Waals surface area contributed by atoms with E-state index in [9.17, 15) is 32.3 Å². The molecule has 1 unspecified atom stereocenters. The van der Waals surface area contributed by atoms with Gasteiger partial charge in [-0.3, -0.25) is 9.59 Å². The van der Waals surface area contributed by atoms with Gasteiger partial charge in [0, 0.05) is 5.69 Å². The molecule has 12 heteroatoms. The maximum Gasteiger partial charge on any atom is 0.338 e. The zero-order valence-electron chi connectivity index (χ0n) is 16.0. The topological polar surface area (TPSA) is 140 Å². The first-order valence-corrected chi connectivity index (χ1v) is 8.67. The van der Waals surface area contributed by atoms with Crippen LogP contribution in [0.1, 0.15) is 17.3 Å². The van der Waals surface area contributed by atoms with Crippen molar-refractivity contribution in [3.05, 3.63) is 59.4 Å². The van der Waals surface area contributed by atoms with E-state index in [1.807, 2.05) is 5.32 Å². The van der Waals surface area contributed by atoms with E-state index in [1.54, 1.807) is 0 Å².